The maximum Gasteiger partial charge on any atom is 0.321 e. The summed E-state index contributed by atoms with van der Waals surface area (Å²) in [5.41, 5.74) is 1.30. The summed E-state index contributed by atoms with van der Waals surface area (Å²) in [7, 11) is -1.26. The minimum Gasteiger partial charge on any atom is -0.436 e. The van der Waals surface area contributed by atoms with Crippen molar-refractivity contribution in [3.05, 3.63) is 29.8 Å². The molecule has 0 N–H and O–H groups in total. The molecule has 0 bridgehead atoms. The molecule has 134 valence electrons. The Bertz CT molecular complexity index is 539. The smallest absolute Gasteiger partial charge is 0.321 e. The average molecular weight is 350 g/mol. The summed E-state index contributed by atoms with van der Waals surface area (Å²) in [4.78, 5) is 0. The third kappa shape index (κ3) is 6.40. The molecule has 0 aliphatic heterocycles. The lowest BCUT2D eigenvalue weighted by molar-refractivity contribution is 0.219. The monoisotopic (exact) mass is 350 g/mol. The van der Waals surface area contributed by atoms with Gasteiger partial charge in [-0.15, -0.1) is 0 Å². The lowest BCUT2D eigenvalue weighted by Crippen LogP contribution is -2.34. The molecule has 0 saturated carbocycles. The summed E-state index contributed by atoms with van der Waals surface area (Å²) in [6, 6.07) is 10.9. The van der Waals surface area contributed by atoms with Crippen molar-refractivity contribution >= 4 is 8.53 Å². The number of rotatable bonds is 8. The van der Waals surface area contributed by atoms with Gasteiger partial charge < -0.3 is 9.05 Å². The fourth-order valence-electron chi connectivity index (χ4n) is 2.39. The molecule has 5 heteroatoms. The molecular formula is C19H31N2O2P. The second-order valence-corrected chi connectivity index (χ2v) is 8.79. The molecule has 0 spiro atoms. The molecule has 0 saturated heterocycles. The molecule has 1 unspecified atom stereocenters. The fraction of sp³-hybridized carbons (Fsp3) is 0.632. The van der Waals surface area contributed by atoms with Gasteiger partial charge in [0.2, 0.25) is 0 Å². The van der Waals surface area contributed by atoms with Crippen molar-refractivity contribution in [2.24, 2.45) is 0 Å². The summed E-state index contributed by atoms with van der Waals surface area (Å²) < 4.78 is 14.4. The van der Waals surface area contributed by atoms with Crippen LogP contribution < -0.4 is 4.52 Å². The van der Waals surface area contributed by atoms with E-state index in [1.165, 1.54) is 5.56 Å². The zero-order valence-corrected chi connectivity index (χ0v) is 16.9. The molecule has 24 heavy (non-hydrogen) atoms. The normalized spacial score (nSPS) is 13.4. The second-order valence-electron chi connectivity index (χ2n) is 7.42. The minimum atomic E-state index is -1.26. The predicted molar refractivity (Wildman–Crippen MR) is 101 cm³/mol. The zero-order valence-electron chi connectivity index (χ0n) is 16.0. The van der Waals surface area contributed by atoms with Gasteiger partial charge in [-0.3, -0.25) is 0 Å². The molecule has 0 fully saturated rings. The lowest BCUT2D eigenvalue weighted by atomic mass is 9.87. The van der Waals surface area contributed by atoms with Gasteiger partial charge in [-0.1, -0.05) is 32.9 Å². The van der Waals surface area contributed by atoms with Gasteiger partial charge in [-0.05, 0) is 50.8 Å². The molecule has 4 nitrogen and oxygen atoms in total. The minimum absolute atomic E-state index is 0.0690. The third-order valence-corrected chi connectivity index (χ3v) is 5.62. The van der Waals surface area contributed by atoms with E-state index >= 15 is 0 Å². The van der Waals surface area contributed by atoms with Crippen LogP contribution in [0.3, 0.4) is 0 Å². The number of nitrogens with zero attached hydrogens (tertiary/aromatic N) is 2. The Morgan fingerprint density at radius 2 is 1.79 bits per heavy atom. The van der Waals surface area contributed by atoms with E-state index in [1.807, 2.05) is 12.1 Å². The van der Waals surface area contributed by atoms with Gasteiger partial charge in [-0.25, -0.2) is 4.67 Å². The first kappa shape index (κ1) is 20.9. The van der Waals surface area contributed by atoms with E-state index in [-0.39, 0.29) is 5.41 Å². The van der Waals surface area contributed by atoms with Gasteiger partial charge >= 0.3 is 8.53 Å². The van der Waals surface area contributed by atoms with Gasteiger partial charge in [0.1, 0.15) is 5.75 Å². The highest BCUT2D eigenvalue weighted by Crippen LogP contribution is 2.46. The van der Waals surface area contributed by atoms with Crippen LogP contribution in [-0.4, -0.2) is 23.4 Å². The van der Waals surface area contributed by atoms with Gasteiger partial charge in [0.25, 0.3) is 0 Å². The van der Waals surface area contributed by atoms with Crippen molar-refractivity contribution in [2.45, 2.75) is 72.4 Å². The van der Waals surface area contributed by atoms with Crippen molar-refractivity contribution < 1.29 is 9.05 Å². The third-order valence-electron chi connectivity index (χ3n) is 3.55. The average Bonchev–Trinajstić information content (AvgIpc) is 2.46. The van der Waals surface area contributed by atoms with Crippen LogP contribution in [0.2, 0.25) is 0 Å². The quantitative estimate of drug-likeness (QED) is 0.450. The molecule has 0 radical (unpaired) electrons. The summed E-state index contributed by atoms with van der Waals surface area (Å²) in [6.07, 6.45) is 0.369. The van der Waals surface area contributed by atoms with E-state index in [9.17, 15) is 0 Å². The molecule has 0 heterocycles. The van der Waals surface area contributed by atoms with Crippen molar-refractivity contribution in [3.8, 4) is 11.8 Å². The number of hydrogen-bond acceptors (Lipinski definition) is 4. The Balaban J connectivity index is 3.01. The van der Waals surface area contributed by atoms with Crippen LogP contribution in [-0.2, 0) is 9.94 Å². The second kappa shape index (κ2) is 9.37. The van der Waals surface area contributed by atoms with Crippen LogP contribution >= 0.6 is 8.53 Å². The standard InChI is InChI=1S/C19H31N2O2P/c1-15(2)21(16(3)4)24(22-13-9-12-20)23-18-11-8-10-17(14-18)19(5,6)7/h8,10-11,14-16H,9,13H2,1-7H3. The topological polar surface area (TPSA) is 45.5 Å². The summed E-state index contributed by atoms with van der Waals surface area (Å²) in [5.74, 6) is 0.816. The predicted octanol–water partition coefficient (Wildman–Crippen LogP) is 5.64. The van der Waals surface area contributed by atoms with Crippen LogP contribution in [0, 0.1) is 11.3 Å². The highest BCUT2D eigenvalue weighted by molar-refractivity contribution is 7.45. The van der Waals surface area contributed by atoms with Crippen molar-refractivity contribution in [2.75, 3.05) is 6.61 Å². The number of benzene rings is 1. The summed E-state index contributed by atoms with van der Waals surface area (Å²) >= 11 is 0. The molecule has 1 atom stereocenters. The number of hydrogen-bond donors (Lipinski definition) is 0. The first-order valence-electron chi connectivity index (χ1n) is 8.53. The Hall–Kier alpha value is -1.14. The Labute approximate surface area is 148 Å². The molecule has 1 aromatic carbocycles. The Kier molecular flexibility index (Phi) is 8.16. The fourth-order valence-corrected chi connectivity index (χ4v) is 3.97. The van der Waals surface area contributed by atoms with E-state index in [1.54, 1.807) is 0 Å². The van der Waals surface area contributed by atoms with Crippen LogP contribution in [0.1, 0.15) is 60.5 Å². The van der Waals surface area contributed by atoms with Crippen LogP contribution in [0.15, 0.2) is 24.3 Å². The maximum absolute atomic E-state index is 8.77. The SMILES string of the molecule is CC(C)N(C(C)C)P(OCCC#N)Oc1cccc(C(C)(C)C)c1. The summed E-state index contributed by atoms with van der Waals surface area (Å²) in [5, 5.41) is 8.77. The first-order chi connectivity index (χ1) is 11.2. The van der Waals surface area contributed by atoms with E-state index in [2.05, 4.69) is 71.3 Å². The highest BCUT2D eigenvalue weighted by Gasteiger charge is 2.29. The molecule has 1 aromatic rings. The van der Waals surface area contributed by atoms with Crippen LogP contribution in [0.5, 0.6) is 5.75 Å². The van der Waals surface area contributed by atoms with E-state index in [4.69, 9.17) is 14.3 Å². The van der Waals surface area contributed by atoms with Gasteiger partial charge in [0.15, 0.2) is 0 Å². The molecule has 0 aromatic heterocycles. The molecule has 0 aliphatic rings. The molecule has 1 rings (SSSR count). The van der Waals surface area contributed by atoms with E-state index < -0.39 is 8.53 Å². The van der Waals surface area contributed by atoms with E-state index in [0.29, 0.717) is 25.1 Å². The van der Waals surface area contributed by atoms with Crippen molar-refractivity contribution in [1.29, 1.82) is 5.26 Å². The zero-order chi connectivity index (χ0) is 18.3. The molecular weight excluding hydrogens is 319 g/mol. The molecule has 0 aliphatic carbocycles. The van der Waals surface area contributed by atoms with Crippen molar-refractivity contribution in [3.63, 3.8) is 0 Å². The summed E-state index contributed by atoms with van der Waals surface area (Å²) in [6.45, 7) is 15.5. The Morgan fingerprint density at radius 3 is 2.29 bits per heavy atom. The molecule has 0 amide bonds. The Morgan fingerprint density at radius 1 is 1.17 bits per heavy atom. The van der Waals surface area contributed by atoms with Gasteiger partial charge in [0.05, 0.1) is 19.1 Å². The lowest BCUT2D eigenvalue weighted by Gasteiger charge is -2.35. The van der Waals surface area contributed by atoms with Gasteiger partial charge in [0, 0.05) is 12.1 Å². The highest BCUT2D eigenvalue weighted by atomic mass is 31.2. The maximum atomic E-state index is 8.77. The van der Waals surface area contributed by atoms with Gasteiger partial charge in [-0.2, -0.15) is 5.26 Å². The van der Waals surface area contributed by atoms with Crippen LogP contribution in [0.4, 0.5) is 0 Å². The number of nitriles is 1. The van der Waals surface area contributed by atoms with Crippen molar-refractivity contribution in [1.82, 2.24) is 4.67 Å². The largest absolute Gasteiger partial charge is 0.436 e. The first-order valence-corrected chi connectivity index (χ1v) is 9.66. The van der Waals surface area contributed by atoms with Crippen LogP contribution in [0.25, 0.3) is 0 Å². The van der Waals surface area contributed by atoms with E-state index in [0.717, 1.165) is 5.75 Å².